The number of benzene rings is 1. The molecule has 0 bridgehead atoms. The Labute approximate surface area is 88.4 Å². The van der Waals surface area contributed by atoms with Crippen molar-refractivity contribution < 1.29 is 20.4 Å². The summed E-state index contributed by atoms with van der Waals surface area (Å²) < 4.78 is 0. The third-order valence-electron chi connectivity index (χ3n) is 2.29. The standard InChI is InChI=1S/C11H16O4/c1-11(2,15)10(14)6-7-5-8(12)3-4-9(7)13/h3-5,10,12-15H,6H2,1-2H3/t10-/m1/s1. The molecule has 84 valence electrons. The first-order chi connectivity index (χ1) is 6.80. The van der Waals surface area contributed by atoms with Crippen molar-refractivity contribution >= 4 is 0 Å². The fourth-order valence-corrected chi connectivity index (χ4v) is 1.19. The second-order valence-corrected chi connectivity index (χ2v) is 4.19. The Kier molecular flexibility index (Phi) is 3.21. The quantitative estimate of drug-likeness (QED) is 0.558. The topological polar surface area (TPSA) is 80.9 Å². The van der Waals surface area contributed by atoms with Crippen molar-refractivity contribution in [1.29, 1.82) is 0 Å². The Bertz CT molecular complexity index is 341. The van der Waals surface area contributed by atoms with Crippen LogP contribution in [0.4, 0.5) is 0 Å². The van der Waals surface area contributed by atoms with Gasteiger partial charge in [0.05, 0.1) is 11.7 Å². The molecular weight excluding hydrogens is 196 g/mol. The molecule has 0 spiro atoms. The van der Waals surface area contributed by atoms with Crippen LogP contribution in [0.15, 0.2) is 18.2 Å². The van der Waals surface area contributed by atoms with E-state index in [-0.39, 0.29) is 17.9 Å². The molecule has 4 N–H and O–H groups in total. The van der Waals surface area contributed by atoms with Crippen LogP contribution in [0.1, 0.15) is 19.4 Å². The van der Waals surface area contributed by atoms with E-state index in [9.17, 15) is 20.4 Å². The van der Waals surface area contributed by atoms with Gasteiger partial charge in [-0.25, -0.2) is 0 Å². The Morgan fingerprint density at radius 2 is 1.87 bits per heavy atom. The first-order valence-electron chi connectivity index (χ1n) is 4.72. The highest BCUT2D eigenvalue weighted by molar-refractivity contribution is 5.39. The van der Waals surface area contributed by atoms with Gasteiger partial charge in [-0.3, -0.25) is 0 Å². The summed E-state index contributed by atoms with van der Waals surface area (Å²) in [7, 11) is 0. The summed E-state index contributed by atoms with van der Waals surface area (Å²) in [5, 5.41) is 37.8. The van der Waals surface area contributed by atoms with Crippen LogP contribution in [-0.4, -0.2) is 32.1 Å². The summed E-state index contributed by atoms with van der Waals surface area (Å²) in [6, 6.07) is 4.07. The van der Waals surface area contributed by atoms with E-state index in [4.69, 9.17) is 0 Å². The van der Waals surface area contributed by atoms with Crippen molar-refractivity contribution in [2.75, 3.05) is 0 Å². The monoisotopic (exact) mass is 212 g/mol. The highest BCUT2D eigenvalue weighted by Gasteiger charge is 2.25. The molecule has 1 aromatic rings. The molecule has 0 unspecified atom stereocenters. The van der Waals surface area contributed by atoms with Gasteiger partial charge in [0, 0.05) is 12.0 Å². The lowest BCUT2D eigenvalue weighted by Gasteiger charge is -2.24. The van der Waals surface area contributed by atoms with Crippen molar-refractivity contribution in [2.45, 2.75) is 32.0 Å². The second kappa shape index (κ2) is 4.08. The number of aliphatic hydroxyl groups excluding tert-OH is 1. The van der Waals surface area contributed by atoms with Gasteiger partial charge >= 0.3 is 0 Å². The maximum Gasteiger partial charge on any atom is 0.119 e. The van der Waals surface area contributed by atoms with E-state index in [0.717, 1.165) is 0 Å². The summed E-state index contributed by atoms with van der Waals surface area (Å²) in [6.45, 7) is 2.97. The minimum atomic E-state index is -1.24. The van der Waals surface area contributed by atoms with Gasteiger partial charge in [0.15, 0.2) is 0 Å². The lowest BCUT2D eigenvalue weighted by atomic mass is 9.95. The van der Waals surface area contributed by atoms with Gasteiger partial charge in [-0.1, -0.05) is 0 Å². The lowest BCUT2D eigenvalue weighted by Crippen LogP contribution is -2.37. The smallest absolute Gasteiger partial charge is 0.119 e. The molecule has 0 saturated carbocycles. The maximum atomic E-state index is 9.61. The molecule has 0 fully saturated rings. The Hall–Kier alpha value is -1.26. The summed E-state index contributed by atoms with van der Waals surface area (Å²) in [5.41, 5.74) is -0.831. The van der Waals surface area contributed by atoms with E-state index in [0.29, 0.717) is 5.56 Å². The zero-order valence-corrected chi connectivity index (χ0v) is 8.81. The van der Waals surface area contributed by atoms with Crippen LogP contribution in [0.5, 0.6) is 11.5 Å². The molecule has 0 heterocycles. The molecule has 4 heteroatoms. The van der Waals surface area contributed by atoms with Gasteiger partial charge in [-0.15, -0.1) is 0 Å². The lowest BCUT2D eigenvalue weighted by molar-refractivity contribution is -0.0471. The Morgan fingerprint density at radius 3 is 2.40 bits per heavy atom. The SMILES string of the molecule is CC(C)(O)[C@H](O)Cc1cc(O)ccc1O. The van der Waals surface area contributed by atoms with Crippen molar-refractivity contribution in [2.24, 2.45) is 0 Å². The van der Waals surface area contributed by atoms with Crippen LogP contribution >= 0.6 is 0 Å². The van der Waals surface area contributed by atoms with Crippen LogP contribution in [0.2, 0.25) is 0 Å². The average Bonchev–Trinajstić information content (AvgIpc) is 2.09. The van der Waals surface area contributed by atoms with E-state index >= 15 is 0 Å². The number of phenolic OH excluding ortho intramolecular Hbond substituents is 2. The minimum absolute atomic E-state index is 0.00361. The summed E-state index contributed by atoms with van der Waals surface area (Å²) >= 11 is 0. The predicted molar refractivity (Wildman–Crippen MR) is 55.8 cm³/mol. The molecule has 15 heavy (non-hydrogen) atoms. The summed E-state index contributed by atoms with van der Waals surface area (Å²) in [4.78, 5) is 0. The molecule has 0 amide bonds. The normalized spacial score (nSPS) is 13.9. The molecule has 0 aliphatic carbocycles. The summed E-state index contributed by atoms with van der Waals surface area (Å²) in [6.07, 6.45) is -0.908. The number of aromatic hydroxyl groups is 2. The molecule has 0 saturated heterocycles. The number of rotatable bonds is 3. The van der Waals surface area contributed by atoms with Crippen LogP contribution in [0, 0.1) is 0 Å². The second-order valence-electron chi connectivity index (χ2n) is 4.19. The highest BCUT2D eigenvalue weighted by atomic mass is 16.3. The van der Waals surface area contributed by atoms with Gasteiger partial charge < -0.3 is 20.4 Å². The number of hydrogen-bond donors (Lipinski definition) is 4. The molecule has 1 rings (SSSR count). The third kappa shape index (κ3) is 3.11. The van der Waals surface area contributed by atoms with Gasteiger partial charge in [0.2, 0.25) is 0 Å². The number of phenols is 2. The molecule has 0 aromatic heterocycles. The fourth-order valence-electron chi connectivity index (χ4n) is 1.19. The van der Waals surface area contributed by atoms with E-state index in [1.54, 1.807) is 0 Å². The maximum absolute atomic E-state index is 9.61. The van der Waals surface area contributed by atoms with Crippen molar-refractivity contribution in [1.82, 2.24) is 0 Å². The van der Waals surface area contributed by atoms with Crippen LogP contribution < -0.4 is 0 Å². The van der Waals surface area contributed by atoms with E-state index in [2.05, 4.69) is 0 Å². The van der Waals surface area contributed by atoms with Crippen molar-refractivity contribution in [3.05, 3.63) is 23.8 Å². The molecular formula is C11H16O4. The van der Waals surface area contributed by atoms with E-state index in [1.165, 1.54) is 32.0 Å². The molecule has 0 aliphatic rings. The molecule has 0 radical (unpaired) electrons. The first-order valence-corrected chi connectivity index (χ1v) is 4.72. The number of aliphatic hydroxyl groups is 2. The largest absolute Gasteiger partial charge is 0.508 e. The van der Waals surface area contributed by atoms with Gasteiger partial charge in [-0.05, 0) is 32.0 Å². The third-order valence-corrected chi connectivity index (χ3v) is 2.29. The van der Waals surface area contributed by atoms with Gasteiger partial charge in [0.25, 0.3) is 0 Å². The molecule has 1 aromatic carbocycles. The molecule has 1 atom stereocenters. The first kappa shape index (κ1) is 11.8. The van der Waals surface area contributed by atoms with E-state index in [1.807, 2.05) is 0 Å². The van der Waals surface area contributed by atoms with Crippen LogP contribution in [0.25, 0.3) is 0 Å². The molecule has 4 nitrogen and oxygen atoms in total. The zero-order chi connectivity index (χ0) is 11.6. The zero-order valence-electron chi connectivity index (χ0n) is 8.81. The van der Waals surface area contributed by atoms with Crippen LogP contribution in [0.3, 0.4) is 0 Å². The summed E-state index contributed by atoms with van der Waals surface area (Å²) in [5.74, 6) is 0.0156. The predicted octanol–water partition coefficient (Wildman–Crippen LogP) is 0.772. The fraction of sp³-hybridized carbons (Fsp3) is 0.455. The minimum Gasteiger partial charge on any atom is -0.508 e. The van der Waals surface area contributed by atoms with Crippen molar-refractivity contribution in [3.8, 4) is 11.5 Å². The average molecular weight is 212 g/mol. The highest BCUT2D eigenvalue weighted by Crippen LogP contribution is 2.25. The van der Waals surface area contributed by atoms with Crippen LogP contribution in [-0.2, 0) is 6.42 Å². The van der Waals surface area contributed by atoms with Gasteiger partial charge in [-0.2, -0.15) is 0 Å². The number of hydrogen-bond acceptors (Lipinski definition) is 4. The van der Waals surface area contributed by atoms with Crippen molar-refractivity contribution in [3.63, 3.8) is 0 Å². The Balaban J connectivity index is 2.85. The molecule has 0 aliphatic heterocycles. The van der Waals surface area contributed by atoms with Gasteiger partial charge in [0.1, 0.15) is 11.5 Å². The Morgan fingerprint density at radius 1 is 1.27 bits per heavy atom. The van der Waals surface area contributed by atoms with E-state index < -0.39 is 11.7 Å².